The van der Waals surface area contributed by atoms with Crippen molar-refractivity contribution in [1.29, 1.82) is 0 Å². The van der Waals surface area contributed by atoms with Crippen molar-refractivity contribution in [3.63, 3.8) is 0 Å². The summed E-state index contributed by atoms with van der Waals surface area (Å²) in [5, 5.41) is 3.33. The Morgan fingerprint density at radius 3 is 2.41 bits per heavy atom. The number of benzene rings is 2. The minimum absolute atomic E-state index is 0.0201. The maximum absolute atomic E-state index is 13.6. The normalized spacial score (nSPS) is 22.4. The van der Waals surface area contributed by atoms with Crippen molar-refractivity contribution >= 4 is 11.8 Å². The van der Waals surface area contributed by atoms with Crippen molar-refractivity contribution in [2.75, 3.05) is 21.3 Å². The number of ketones is 1. The van der Waals surface area contributed by atoms with E-state index in [4.69, 9.17) is 14.2 Å². The Hall–Kier alpha value is -3.54. The van der Waals surface area contributed by atoms with Crippen LogP contribution in [0.3, 0.4) is 0 Å². The average Bonchev–Trinajstić information content (AvgIpc) is 2.82. The van der Waals surface area contributed by atoms with E-state index >= 15 is 0 Å². The fourth-order valence-electron chi connectivity index (χ4n) is 4.78. The number of hydrogen-bond acceptors (Lipinski definition) is 6. The molecule has 0 bridgehead atoms. The maximum Gasteiger partial charge on any atom is 0.336 e. The Morgan fingerprint density at radius 2 is 1.75 bits per heavy atom. The molecule has 4 rings (SSSR count). The van der Waals surface area contributed by atoms with E-state index in [0.717, 1.165) is 16.8 Å². The molecule has 1 heterocycles. The molecule has 0 radical (unpaired) electrons. The molecule has 1 aliphatic carbocycles. The number of nitrogens with one attached hydrogen (secondary N) is 1. The zero-order valence-corrected chi connectivity index (χ0v) is 18.7. The van der Waals surface area contributed by atoms with E-state index in [1.807, 2.05) is 49.4 Å². The van der Waals surface area contributed by atoms with E-state index in [9.17, 15) is 9.59 Å². The van der Waals surface area contributed by atoms with E-state index in [-0.39, 0.29) is 11.7 Å². The van der Waals surface area contributed by atoms with E-state index < -0.39 is 17.8 Å². The van der Waals surface area contributed by atoms with Crippen molar-refractivity contribution in [2.24, 2.45) is 5.92 Å². The minimum Gasteiger partial charge on any atom is -0.497 e. The van der Waals surface area contributed by atoms with Crippen LogP contribution in [-0.4, -0.2) is 33.1 Å². The van der Waals surface area contributed by atoms with Crippen molar-refractivity contribution in [3.8, 4) is 11.5 Å². The molecule has 0 fully saturated rings. The molecule has 3 unspecified atom stereocenters. The van der Waals surface area contributed by atoms with E-state index in [1.165, 1.54) is 7.11 Å². The van der Waals surface area contributed by atoms with Crippen LogP contribution in [0.4, 0.5) is 0 Å². The minimum atomic E-state index is -0.532. The molecular formula is C26H27NO5. The van der Waals surface area contributed by atoms with Crippen LogP contribution in [0.1, 0.15) is 36.3 Å². The number of Topliss-reactive ketones (excluding diaryl/α,β-unsaturated/α-hetero) is 1. The Kier molecular flexibility index (Phi) is 6.04. The van der Waals surface area contributed by atoms with Gasteiger partial charge in [-0.15, -0.1) is 0 Å². The number of ether oxygens (including phenoxy) is 3. The molecule has 2 aromatic carbocycles. The predicted molar refractivity (Wildman–Crippen MR) is 121 cm³/mol. The number of carbonyl (C=O) groups is 2. The molecule has 32 heavy (non-hydrogen) atoms. The highest BCUT2D eigenvalue weighted by molar-refractivity contribution is 5.96. The molecule has 2 aromatic rings. The van der Waals surface area contributed by atoms with Gasteiger partial charge in [-0.05, 0) is 18.6 Å². The second kappa shape index (κ2) is 8.91. The zero-order chi connectivity index (χ0) is 22.8. The molecule has 0 spiro atoms. The highest BCUT2D eigenvalue weighted by Crippen LogP contribution is 2.48. The number of allylic oxidation sites excluding steroid dienone is 3. The molecule has 6 nitrogen and oxygen atoms in total. The van der Waals surface area contributed by atoms with Gasteiger partial charge in [-0.3, -0.25) is 4.79 Å². The number of methoxy groups -OCH3 is 3. The largest absolute Gasteiger partial charge is 0.497 e. The first-order chi connectivity index (χ1) is 15.5. The second-order valence-electron chi connectivity index (χ2n) is 8.03. The summed E-state index contributed by atoms with van der Waals surface area (Å²) in [7, 11) is 4.50. The predicted octanol–water partition coefficient (Wildman–Crippen LogP) is 4.09. The van der Waals surface area contributed by atoms with Crippen LogP contribution >= 0.6 is 0 Å². The molecule has 0 saturated carbocycles. The van der Waals surface area contributed by atoms with Gasteiger partial charge in [-0.25, -0.2) is 4.79 Å². The van der Waals surface area contributed by atoms with Gasteiger partial charge in [0.1, 0.15) is 17.3 Å². The van der Waals surface area contributed by atoms with E-state index in [0.29, 0.717) is 29.2 Å². The molecule has 2 aliphatic rings. The van der Waals surface area contributed by atoms with Gasteiger partial charge >= 0.3 is 5.97 Å². The topological polar surface area (TPSA) is 73.9 Å². The van der Waals surface area contributed by atoms with Crippen LogP contribution in [0.25, 0.3) is 0 Å². The molecule has 1 aliphatic heterocycles. The lowest BCUT2D eigenvalue weighted by Crippen LogP contribution is -2.41. The van der Waals surface area contributed by atoms with Crippen LogP contribution in [0, 0.1) is 5.92 Å². The van der Waals surface area contributed by atoms with Gasteiger partial charge in [-0.2, -0.15) is 0 Å². The first kappa shape index (κ1) is 21.7. The summed E-state index contributed by atoms with van der Waals surface area (Å²) in [4.78, 5) is 26.4. The summed E-state index contributed by atoms with van der Waals surface area (Å²) in [5.41, 5.74) is 3.75. The third-order valence-electron chi connectivity index (χ3n) is 6.27. The summed E-state index contributed by atoms with van der Waals surface area (Å²) >= 11 is 0. The highest BCUT2D eigenvalue weighted by Gasteiger charge is 2.45. The standard InChI is InChI=1S/C26H27NO5/c1-15-23(26(29)32-4)24(19-11-10-18(30-2)14-22(19)31-3)25-20(27-15)12-17(13-21(25)28)16-8-6-5-7-9-16/h5-12,14,17,24-25,27H,13H2,1-4H3. The van der Waals surface area contributed by atoms with Gasteiger partial charge in [0, 0.05) is 41.3 Å². The smallest absolute Gasteiger partial charge is 0.336 e. The fourth-order valence-corrected chi connectivity index (χ4v) is 4.78. The monoisotopic (exact) mass is 433 g/mol. The van der Waals surface area contributed by atoms with Gasteiger partial charge in [0.05, 0.1) is 32.8 Å². The zero-order valence-electron chi connectivity index (χ0n) is 18.7. The van der Waals surface area contributed by atoms with Crippen LogP contribution < -0.4 is 14.8 Å². The molecule has 0 saturated heterocycles. The molecule has 0 aromatic heterocycles. The lowest BCUT2D eigenvalue weighted by Gasteiger charge is -2.39. The number of rotatable bonds is 5. The Bertz CT molecular complexity index is 1100. The Morgan fingerprint density at radius 1 is 1.00 bits per heavy atom. The van der Waals surface area contributed by atoms with Gasteiger partial charge in [0.25, 0.3) is 0 Å². The number of carbonyl (C=O) groups excluding carboxylic acids is 2. The third-order valence-corrected chi connectivity index (χ3v) is 6.27. The number of fused-ring (bicyclic) bond motifs is 1. The third kappa shape index (κ3) is 3.77. The van der Waals surface area contributed by atoms with E-state index in [1.54, 1.807) is 20.3 Å². The molecule has 0 amide bonds. The van der Waals surface area contributed by atoms with Crippen molar-refractivity contribution in [2.45, 2.75) is 25.2 Å². The summed E-state index contributed by atoms with van der Waals surface area (Å²) < 4.78 is 16.1. The van der Waals surface area contributed by atoms with E-state index in [2.05, 4.69) is 11.4 Å². The van der Waals surface area contributed by atoms with Crippen LogP contribution in [-0.2, 0) is 14.3 Å². The summed E-state index contributed by atoms with van der Waals surface area (Å²) in [6, 6.07) is 15.4. The number of esters is 1. The van der Waals surface area contributed by atoms with Crippen molar-refractivity contribution in [1.82, 2.24) is 5.32 Å². The van der Waals surface area contributed by atoms with Gasteiger partial charge in [0.15, 0.2) is 0 Å². The lowest BCUT2D eigenvalue weighted by atomic mass is 9.68. The van der Waals surface area contributed by atoms with Gasteiger partial charge in [0.2, 0.25) is 0 Å². The molecular weight excluding hydrogens is 406 g/mol. The molecule has 3 atom stereocenters. The average molecular weight is 434 g/mol. The van der Waals surface area contributed by atoms with Crippen molar-refractivity contribution in [3.05, 3.63) is 82.7 Å². The second-order valence-corrected chi connectivity index (χ2v) is 8.03. The first-order valence-corrected chi connectivity index (χ1v) is 10.6. The first-order valence-electron chi connectivity index (χ1n) is 10.6. The molecule has 6 heteroatoms. The Labute approximate surface area is 187 Å². The van der Waals surface area contributed by atoms with Crippen molar-refractivity contribution < 1.29 is 23.8 Å². The van der Waals surface area contributed by atoms with Gasteiger partial charge in [-0.1, -0.05) is 42.5 Å². The highest BCUT2D eigenvalue weighted by atomic mass is 16.5. The lowest BCUT2D eigenvalue weighted by molar-refractivity contribution is -0.136. The summed E-state index contributed by atoms with van der Waals surface area (Å²) in [5.74, 6) is -0.281. The van der Waals surface area contributed by atoms with Crippen LogP contribution in [0.15, 0.2) is 71.6 Å². The maximum atomic E-state index is 13.6. The van der Waals surface area contributed by atoms with Crippen LogP contribution in [0.5, 0.6) is 11.5 Å². The van der Waals surface area contributed by atoms with Crippen LogP contribution in [0.2, 0.25) is 0 Å². The molecule has 1 N–H and O–H groups in total. The summed E-state index contributed by atoms with van der Waals surface area (Å²) in [6.07, 6.45) is 2.48. The summed E-state index contributed by atoms with van der Waals surface area (Å²) in [6.45, 7) is 1.84. The Balaban J connectivity index is 1.88. The SMILES string of the molecule is COC(=O)C1=C(C)NC2=CC(c3ccccc3)CC(=O)C2C1c1ccc(OC)cc1OC. The number of hydrogen-bond donors (Lipinski definition) is 1. The van der Waals surface area contributed by atoms with Gasteiger partial charge < -0.3 is 19.5 Å². The fraction of sp³-hybridized carbons (Fsp3) is 0.308. The quantitative estimate of drug-likeness (QED) is 0.716. The molecule has 166 valence electrons.